The van der Waals surface area contributed by atoms with Crippen LogP contribution in [0.2, 0.25) is 0 Å². The molecule has 0 saturated heterocycles. The summed E-state index contributed by atoms with van der Waals surface area (Å²) in [6.45, 7) is 30.4. The lowest BCUT2D eigenvalue weighted by Crippen LogP contribution is -2.26. The molecule has 0 heterocycles. The minimum Gasteiger partial charge on any atom is -0.508 e. The first-order valence-corrected chi connectivity index (χ1v) is 28.4. The largest absolute Gasteiger partial charge is 0.508 e. The Morgan fingerprint density at radius 1 is 0.365 bits per heavy atom. The predicted octanol–water partition coefficient (Wildman–Crippen LogP) is 18.5. The number of phenols is 2. The van der Waals surface area contributed by atoms with Crippen LogP contribution in [-0.4, -0.2) is 35.0 Å². The van der Waals surface area contributed by atoms with Crippen LogP contribution in [0.1, 0.15) is 247 Å². The van der Waals surface area contributed by atoms with E-state index in [2.05, 4.69) is 156 Å². The van der Waals surface area contributed by atoms with Crippen molar-refractivity contribution in [3.05, 3.63) is 163 Å². The third-order valence-electron chi connectivity index (χ3n) is 16.4. The average molecular weight is 1000 g/mol. The molecule has 0 radical (unpaired) electrons. The molecule has 4 atom stereocenters. The molecule has 0 bridgehead atoms. The Morgan fingerprint density at radius 2 is 0.676 bits per heavy atom. The number of aryl methyl sites for hydroxylation is 4. The van der Waals surface area contributed by atoms with Crippen LogP contribution in [0.3, 0.4) is 0 Å². The van der Waals surface area contributed by atoms with Gasteiger partial charge in [-0.3, -0.25) is 0 Å². The van der Waals surface area contributed by atoms with E-state index in [0.717, 1.165) is 92.5 Å². The van der Waals surface area contributed by atoms with Crippen molar-refractivity contribution >= 4 is 10.8 Å². The summed E-state index contributed by atoms with van der Waals surface area (Å²) in [7, 11) is 0. The number of hydrogen-bond acceptors (Lipinski definition) is 6. The van der Waals surface area contributed by atoms with Gasteiger partial charge in [0.1, 0.15) is 23.0 Å². The molecule has 74 heavy (non-hydrogen) atoms. The molecule has 4 unspecified atom stereocenters. The van der Waals surface area contributed by atoms with Gasteiger partial charge in [-0.05, 0) is 204 Å². The maximum atomic E-state index is 11.3. The van der Waals surface area contributed by atoms with Crippen LogP contribution in [-0.2, 0) is 9.47 Å². The fourth-order valence-corrected chi connectivity index (χ4v) is 12.2. The summed E-state index contributed by atoms with van der Waals surface area (Å²) >= 11 is 0. The molecule has 6 heteroatoms. The molecule has 0 aliphatic heterocycles. The molecule has 0 aromatic heterocycles. The van der Waals surface area contributed by atoms with Gasteiger partial charge in [-0.2, -0.15) is 0 Å². The maximum absolute atomic E-state index is 11.3. The Kier molecular flexibility index (Phi) is 17.6. The van der Waals surface area contributed by atoms with Gasteiger partial charge >= 0.3 is 0 Å². The summed E-state index contributed by atoms with van der Waals surface area (Å²) < 4.78 is 26.4. The topological polar surface area (TPSA) is 77.4 Å². The summed E-state index contributed by atoms with van der Waals surface area (Å²) in [6.07, 6.45) is 11.6. The van der Waals surface area contributed by atoms with Gasteiger partial charge in [0, 0.05) is 11.8 Å². The maximum Gasteiger partial charge on any atom is 0.197 e. The highest BCUT2D eigenvalue weighted by molar-refractivity contribution is 5.85. The van der Waals surface area contributed by atoms with Crippen molar-refractivity contribution in [1.82, 2.24) is 0 Å². The Bertz CT molecular complexity index is 2700. The van der Waals surface area contributed by atoms with Gasteiger partial charge in [-0.15, -0.1) is 0 Å². The SMILES string of the molecule is Cc1cc(O)c(C(C)C)cc1C(c1ccc2cc(C(c3cc(C(C)C)c(O)cc3C)c3cc(C(C)C)c(OC(C)OC4CCCCC4)cc3C)ccc2c1)c1cc(C(C)C)c(OC(C)OC2CCCCC2)cc1C. The molecule has 2 aliphatic rings. The van der Waals surface area contributed by atoms with Gasteiger partial charge < -0.3 is 29.2 Å². The van der Waals surface area contributed by atoms with E-state index < -0.39 is 0 Å². The first-order chi connectivity index (χ1) is 35.3. The summed E-state index contributed by atoms with van der Waals surface area (Å²) in [5.74, 6) is 2.94. The van der Waals surface area contributed by atoms with E-state index in [0.29, 0.717) is 11.5 Å². The quantitative estimate of drug-likeness (QED) is 0.0660. The van der Waals surface area contributed by atoms with Gasteiger partial charge in [-0.1, -0.05) is 155 Å². The Balaban J connectivity index is 1.24. The van der Waals surface area contributed by atoms with Gasteiger partial charge in [0.05, 0.1) is 12.2 Å². The van der Waals surface area contributed by atoms with Crippen molar-refractivity contribution in [2.24, 2.45) is 0 Å². The third-order valence-corrected chi connectivity index (χ3v) is 16.4. The smallest absolute Gasteiger partial charge is 0.197 e. The number of rotatable bonds is 18. The van der Waals surface area contributed by atoms with E-state index in [4.69, 9.17) is 18.9 Å². The zero-order chi connectivity index (χ0) is 53.1. The van der Waals surface area contributed by atoms with Crippen molar-refractivity contribution in [2.45, 2.75) is 221 Å². The number of hydrogen-bond donors (Lipinski definition) is 2. The fourth-order valence-electron chi connectivity index (χ4n) is 12.2. The minimum absolute atomic E-state index is 0.116. The van der Waals surface area contributed by atoms with Crippen molar-refractivity contribution < 1.29 is 29.2 Å². The van der Waals surface area contributed by atoms with Gasteiger partial charge in [0.25, 0.3) is 0 Å². The molecular formula is C68H88O6. The monoisotopic (exact) mass is 1000 g/mol. The molecule has 2 N–H and O–H groups in total. The molecule has 8 rings (SSSR count). The zero-order valence-electron chi connectivity index (χ0n) is 47.5. The lowest BCUT2D eigenvalue weighted by atomic mass is 9.77. The van der Waals surface area contributed by atoms with Crippen LogP contribution in [0.15, 0.2) is 84.9 Å². The number of benzene rings is 6. The highest BCUT2D eigenvalue weighted by Gasteiger charge is 2.29. The second-order valence-electron chi connectivity index (χ2n) is 23.5. The van der Waals surface area contributed by atoms with Crippen molar-refractivity contribution in [3.63, 3.8) is 0 Å². The Hall–Kier alpha value is -5.30. The van der Waals surface area contributed by atoms with Crippen LogP contribution in [0.25, 0.3) is 10.8 Å². The summed E-state index contributed by atoms with van der Waals surface area (Å²) in [5.41, 5.74) is 15.8. The van der Waals surface area contributed by atoms with Crippen LogP contribution in [0, 0.1) is 27.7 Å². The first-order valence-electron chi connectivity index (χ1n) is 28.4. The number of ether oxygens (including phenoxy) is 4. The highest BCUT2D eigenvalue weighted by atomic mass is 16.7. The van der Waals surface area contributed by atoms with E-state index >= 15 is 0 Å². The molecule has 0 amide bonds. The molecule has 2 saturated carbocycles. The van der Waals surface area contributed by atoms with Crippen molar-refractivity contribution in [3.8, 4) is 23.0 Å². The summed E-state index contributed by atoms with van der Waals surface area (Å²) in [6, 6.07) is 31.6. The van der Waals surface area contributed by atoms with E-state index in [1.54, 1.807) is 0 Å². The summed E-state index contributed by atoms with van der Waals surface area (Å²) in [4.78, 5) is 0. The summed E-state index contributed by atoms with van der Waals surface area (Å²) in [5, 5.41) is 24.9. The first kappa shape index (κ1) is 54.9. The lowest BCUT2D eigenvalue weighted by Gasteiger charge is -2.29. The van der Waals surface area contributed by atoms with Crippen LogP contribution in [0.4, 0.5) is 0 Å². The number of phenolic OH excluding ortho intramolecular Hbond substituents is 2. The minimum atomic E-state index is -0.348. The third kappa shape index (κ3) is 12.3. The molecule has 2 aliphatic carbocycles. The molecular weight excluding hydrogens is 913 g/mol. The standard InChI is InChI=1S/C68H88O6/c1-39(2)55-35-59(43(9)29-63(55)69)67(61-37-57(41(5)6)65(31-45(61)11)73-47(13)71-53-21-17-15-18-22-53)51-27-25-50-34-52(28-26-49(50)33-51)68(60-36-56(40(3)4)64(70)30-44(60)10)62-38-58(42(7)8)66(32-46(62)12)74-48(14)72-54-23-19-16-20-24-54/h25-42,47-48,53-54,67-70H,15-24H2,1-14H3. The van der Waals surface area contributed by atoms with E-state index in [1.165, 1.54) is 71.9 Å². The van der Waals surface area contributed by atoms with Crippen LogP contribution < -0.4 is 9.47 Å². The van der Waals surface area contributed by atoms with Gasteiger partial charge in [0.15, 0.2) is 12.6 Å². The highest BCUT2D eigenvalue weighted by Crippen LogP contribution is 2.46. The second kappa shape index (κ2) is 23.7. The Morgan fingerprint density at radius 3 is 1.00 bits per heavy atom. The predicted molar refractivity (Wildman–Crippen MR) is 306 cm³/mol. The van der Waals surface area contributed by atoms with E-state index in [-0.39, 0.29) is 60.3 Å². The Labute approximate surface area is 445 Å². The zero-order valence-corrected chi connectivity index (χ0v) is 47.5. The fraction of sp³-hybridized carbons (Fsp3) is 0.500. The molecule has 0 spiro atoms. The molecule has 6 aromatic rings. The number of fused-ring (bicyclic) bond motifs is 1. The molecule has 396 valence electrons. The van der Waals surface area contributed by atoms with Gasteiger partial charge in [-0.25, -0.2) is 0 Å². The van der Waals surface area contributed by atoms with E-state index in [1.807, 2.05) is 26.0 Å². The van der Waals surface area contributed by atoms with Crippen LogP contribution >= 0.6 is 0 Å². The normalized spacial score (nSPS) is 16.6. The second-order valence-corrected chi connectivity index (χ2v) is 23.5. The van der Waals surface area contributed by atoms with Gasteiger partial charge in [0.2, 0.25) is 0 Å². The van der Waals surface area contributed by atoms with Crippen molar-refractivity contribution in [1.29, 1.82) is 0 Å². The lowest BCUT2D eigenvalue weighted by molar-refractivity contribution is -0.117. The van der Waals surface area contributed by atoms with Crippen LogP contribution in [0.5, 0.6) is 23.0 Å². The molecule has 2 fully saturated rings. The average Bonchev–Trinajstić information content (AvgIpc) is 3.34. The molecule has 6 nitrogen and oxygen atoms in total. The van der Waals surface area contributed by atoms with E-state index in [9.17, 15) is 10.2 Å². The number of aromatic hydroxyl groups is 2. The van der Waals surface area contributed by atoms with Crippen molar-refractivity contribution in [2.75, 3.05) is 0 Å². The molecule has 6 aromatic carbocycles.